The topological polar surface area (TPSA) is 64.4 Å². The van der Waals surface area contributed by atoms with Crippen molar-refractivity contribution in [2.75, 3.05) is 12.4 Å². The van der Waals surface area contributed by atoms with Crippen LogP contribution in [-0.2, 0) is 0 Å². The summed E-state index contributed by atoms with van der Waals surface area (Å²) in [6.45, 7) is 2.03. The average molecular weight is 248 g/mol. The SMILES string of the molecule is C#CC(CCC)Nc1cc(OC)cc([N+](=O)[O-])c1. The molecular formula is C13H16N2O3. The van der Waals surface area contributed by atoms with Crippen LogP contribution in [-0.4, -0.2) is 18.1 Å². The van der Waals surface area contributed by atoms with Gasteiger partial charge in [0.25, 0.3) is 5.69 Å². The van der Waals surface area contributed by atoms with E-state index in [1.807, 2.05) is 6.92 Å². The standard InChI is InChI=1S/C13H16N2O3/c1-4-6-10(5-2)14-11-7-12(15(16)17)9-13(8-11)18-3/h2,7-10,14H,4,6H2,1,3H3. The highest BCUT2D eigenvalue weighted by Crippen LogP contribution is 2.26. The van der Waals surface area contributed by atoms with Crippen LogP contribution >= 0.6 is 0 Å². The van der Waals surface area contributed by atoms with Crippen LogP contribution in [0.25, 0.3) is 0 Å². The molecule has 0 radical (unpaired) electrons. The molecule has 1 rings (SSSR count). The molecule has 0 saturated carbocycles. The number of hydrogen-bond acceptors (Lipinski definition) is 4. The van der Waals surface area contributed by atoms with E-state index in [0.717, 1.165) is 12.8 Å². The maximum absolute atomic E-state index is 10.8. The number of nitro groups is 1. The normalized spacial score (nSPS) is 11.4. The second-order valence-electron chi connectivity index (χ2n) is 3.83. The first-order valence-electron chi connectivity index (χ1n) is 5.66. The Kier molecular flexibility index (Phi) is 5.00. The maximum atomic E-state index is 10.8. The molecule has 0 saturated heterocycles. The van der Waals surface area contributed by atoms with Crippen LogP contribution in [0.5, 0.6) is 5.75 Å². The van der Waals surface area contributed by atoms with Crippen LogP contribution in [0.1, 0.15) is 19.8 Å². The minimum atomic E-state index is -0.460. The zero-order valence-corrected chi connectivity index (χ0v) is 10.5. The van der Waals surface area contributed by atoms with Gasteiger partial charge in [0.15, 0.2) is 0 Å². The van der Waals surface area contributed by atoms with Crippen molar-refractivity contribution in [3.63, 3.8) is 0 Å². The van der Waals surface area contributed by atoms with Crippen LogP contribution in [0.3, 0.4) is 0 Å². The maximum Gasteiger partial charge on any atom is 0.275 e. The summed E-state index contributed by atoms with van der Waals surface area (Å²) in [4.78, 5) is 10.3. The summed E-state index contributed by atoms with van der Waals surface area (Å²) in [5.74, 6) is 3.05. The molecule has 0 amide bonds. The van der Waals surface area contributed by atoms with Crippen molar-refractivity contribution in [3.05, 3.63) is 28.3 Å². The van der Waals surface area contributed by atoms with Gasteiger partial charge in [-0.05, 0) is 6.42 Å². The third-order valence-electron chi connectivity index (χ3n) is 2.46. The lowest BCUT2D eigenvalue weighted by Crippen LogP contribution is -2.16. The summed E-state index contributed by atoms with van der Waals surface area (Å²) in [6.07, 6.45) is 7.14. The molecule has 0 heterocycles. The molecular weight excluding hydrogens is 232 g/mol. The lowest BCUT2D eigenvalue weighted by molar-refractivity contribution is -0.384. The van der Waals surface area contributed by atoms with Crippen molar-refractivity contribution >= 4 is 11.4 Å². The molecule has 5 nitrogen and oxygen atoms in total. The Morgan fingerprint density at radius 3 is 2.78 bits per heavy atom. The molecule has 1 N–H and O–H groups in total. The molecule has 0 fully saturated rings. The number of non-ortho nitro benzene ring substituents is 1. The molecule has 0 bridgehead atoms. The van der Waals surface area contributed by atoms with Gasteiger partial charge >= 0.3 is 0 Å². The van der Waals surface area contributed by atoms with Crippen molar-refractivity contribution in [1.29, 1.82) is 0 Å². The number of hydrogen-bond donors (Lipinski definition) is 1. The highest BCUT2D eigenvalue weighted by atomic mass is 16.6. The number of benzene rings is 1. The van der Waals surface area contributed by atoms with E-state index < -0.39 is 4.92 Å². The predicted octanol–water partition coefficient (Wildman–Crippen LogP) is 2.82. The van der Waals surface area contributed by atoms with Crippen molar-refractivity contribution in [3.8, 4) is 18.1 Å². The molecule has 0 aliphatic carbocycles. The Balaban J connectivity index is 2.97. The Morgan fingerprint density at radius 2 is 2.28 bits per heavy atom. The Bertz CT molecular complexity index is 466. The molecule has 1 unspecified atom stereocenters. The number of ether oxygens (including phenoxy) is 1. The fourth-order valence-corrected chi connectivity index (χ4v) is 1.58. The molecule has 0 aromatic heterocycles. The Morgan fingerprint density at radius 1 is 1.56 bits per heavy atom. The molecule has 1 aromatic rings. The number of methoxy groups -OCH3 is 1. The lowest BCUT2D eigenvalue weighted by Gasteiger charge is -2.14. The van der Waals surface area contributed by atoms with Crippen LogP contribution < -0.4 is 10.1 Å². The summed E-state index contributed by atoms with van der Waals surface area (Å²) in [5.41, 5.74) is 0.571. The van der Waals surface area contributed by atoms with Gasteiger partial charge in [0, 0.05) is 17.8 Å². The van der Waals surface area contributed by atoms with E-state index in [0.29, 0.717) is 11.4 Å². The quantitative estimate of drug-likeness (QED) is 0.477. The van der Waals surface area contributed by atoms with E-state index in [2.05, 4.69) is 11.2 Å². The summed E-state index contributed by atoms with van der Waals surface area (Å²) >= 11 is 0. The number of nitrogens with one attached hydrogen (secondary N) is 1. The van der Waals surface area contributed by atoms with Gasteiger partial charge in [-0.1, -0.05) is 19.3 Å². The van der Waals surface area contributed by atoms with Crippen molar-refractivity contribution in [1.82, 2.24) is 0 Å². The Hall–Kier alpha value is -2.22. The van der Waals surface area contributed by atoms with Crippen molar-refractivity contribution in [2.24, 2.45) is 0 Å². The van der Waals surface area contributed by atoms with Crippen LogP contribution in [0.2, 0.25) is 0 Å². The van der Waals surface area contributed by atoms with Gasteiger partial charge < -0.3 is 10.1 Å². The van der Waals surface area contributed by atoms with Gasteiger partial charge in [-0.15, -0.1) is 6.42 Å². The number of anilines is 1. The smallest absolute Gasteiger partial charge is 0.275 e. The van der Waals surface area contributed by atoms with Crippen LogP contribution in [0.15, 0.2) is 18.2 Å². The fraction of sp³-hybridized carbons (Fsp3) is 0.385. The molecule has 0 aliphatic heterocycles. The first kappa shape index (κ1) is 13.8. The highest BCUT2D eigenvalue weighted by molar-refractivity contribution is 5.57. The minimum absolute atomic E-state index is 0.0240. The van der Waals surface area contributed by atoms with Crippen LogP contribution in [0.4, 0.5) is 11.4 Å². The first-order valence-corrected chi connectivity index (χ1v) is 5.66. The Labute approximate surface area is 106 Å². The van der Waals surface area contributed by atoms with Crippen LogP contribution in [0, 0.1) is 22.5 Å². The van der Waals surface area contributed by atoms with Gasteiger partial charge in [-0.2, -0.15) is 0 Å². The van der Waals surface area contributed by atoms with Gasteiger partial charge in [0.2, 0.25) is 0 Å². The van der Waals surface area contributed by atoms with E-state index in [9.17, 15) is 10.1 Å². The van der Waals surface area contributed by atoms with Crippen molar-refractivity contribution < 1.29 is 9.66 Å². The monoisotopic (exact) mass is 248 g/mol. The molecule has 1 atom stereocenters. The number of rotatable bonds is 6. The molecule has 18 heavy (non-hydrogen) atoms. The molecule has 96 valence electrons. The largest absolute Gasteiger partial charge is 0.496 e. The van der Waals surface area contributed by atoms with E-state index in [1.54, 1.807) is 6.07 Å². The zero-order chi connectivity index (χ0) is 13.5. The zero-order valence-electron chi connectivity index (χ0n) is 10.5. The number of terminal acetylenes is 1. The first-order chi connectivity index (χ1) is 8.60. The van der Waals surface area contributed by atoms with E-state index >= 15 is 0 Å². The summed E-state index contributed by atoms with van der Waals surface area (Å²) in [5, 5.41) is 13.9. The predicted molar refractivity (Wildman–Crippen MR) is 70.8 cm³/mol. The molecule has 5 heteroatoms. The molecule has 0 aliphatic rings. The third kappa shape index (κ3) is 3.67. The summed E-state index contributed by atoms with van der Waals surface area (Å²) in [7, 11) is 1.47. The van der Waals surface area contributed by atoms with Gasteiger partial charge in [0.05, 0.1) is 24.1 Å². The van der Waals surface area contributed by atoms with Gasteiger partial charge in [0.1, 0.15) is 5.75 Å². The molecule has 0 spiro atoms. The van der Waals surface area contributed by atoms with Gasteiger partial charge in [-0.3, -0.25) is 10.1 Å². The van der Waals surface area contributed by atoms with E-state index in [1.165, 1.54) is 19.2 Å². The number of nitrogens with zero attached hydrogens (tertiary/aromatic N) is 1. The summed E-state index contributed by atoms with van der Waals surface area (Å²) in [6, 6.07) is 4.37. The lowest BCUT2D eigenvalue weighted by atomic mass is 10.1. The summed E-state index contributed by atoms with van der Waals surface area (Å²) < 4.78 is 5.02. The number of nitro benzene ring substituents is 1. The van der Waals surface area contributed by atoms with Gasteiger partial charge in [-0.25, -0.2) is 0 Å². The molecule has 1 aromatic carbocycles. The van der Waals surface area contributed by atoms with Crippen molar-refractivity contribution in [2.45, 2.75) is 25.8 Å². The minimum Gasteiger partial charge on any atom is -0.496 e. The van der Waals surface area contributed by atoms with E-state index in [-0.39, 0.29) is 11.7 Å². The fourth-order valence-electron chi connectivity index (χ4n) is 1.58. The second-order valence-corrected chi connectivity index (χ2v) is 3.83. The second kappa shape index (κ2) is 6.50. The highest BCUT2D eigenvalue weighted by Gasteiger charge is 2.12. The average Bonchev–Trinajstić information content (AvgIpc) is 2.37. The third-order valence-corrected chi connectivity index (χ3v) is 2.46. The van der Waals surface area contributed by atoms with E-state index in [4.69, 9.17) is 11.2 Å².